The van der Waals surface area contributed by atoms with E-state index >= 15 is 0 Å². The third-order valence-corrected chi connectivity index (χ3v) is 4.02. The Hall–Kier alpha value is -2.66. The number of hydrogen-bond acceptors (Lipinski definition) is 3. The van der Waals surface area contributed by atoms with Gasteiger partial charge in [0.2, 0.25) is 0 Å². The fraction of sp³-hybridized carbons (Fsp3) is 0.286. The van der Waals surface area contributed by atoms with Crippen LogP contribution in [0.4, 0.5) is 4.39 Å². The van der Waals surface area contributed by atoms with Crippen molar-refractivity contribution in [3.05, 3.63) is 59.9 Å². The minimum Gasteiger partial charge on any atom is -0.389 e. The minimum atomic E-state index is -0.418. The lowest BCUT2D eigenvalue weighted by molar-refractivity contribution is 0.181. The SMILES string of the molecule is CCC.OC1CN=C(c2ccc3cc(-c4ccc(F)cc4)[nH]c3c2)NC1. The number of aliphatic hydroxyl groups is 1. The zero-order chi connectivity index (χ0) is 18.5. The van der Waals surface area contributed by atoms with E-state index in [2.05, 4.69) is 29.1 Å². The first-order valence-corrected chi connectivity index (χ1v) is 8.96. The number of β-amino-alcohol motifs (C(OH)–C–C–N with tert-alkyl or cyclic N) is 1. The summed E-state index contributed by atoms with van der Waals surface area (Å²) in [4.78, 5) is 7.73. The molecule has 1 aliphatic rings. The number of aliphatic hydroxyl groups excluding tert-OH is 1. The lowest BCUT2D eigenvalue weighted by Gasteiger charge is -2.19. The summed E-state index contributed by atoms with van der Waals surface area (Å²) in [7, 11) is 0. The van der Waals surface area contributed by atoms with E-state index in [1.54, 1.807) is 12.1 Å². The fourth-order valence-electron chi connectivity index (χ4n) is 2.78. The molecule has 4 nitrogen and oxygen atoms in total. The number of amidine groups is 1. The van der Waals surface area contributed by atoms with Crippen LogP contribution >= 0.6 is 0 Å². The Bertz CT molecular complexity index is 899. The van der Waals surface area contributed by atoms with Gasteiger partial charge in [0.05, 0.1) is 12.6 Å². The van der Waals surface area contributed by atoms with Crippen LogP contribution in [0.25, 0.3) is 22.2 Å². The van der Waals surface area contributed by atoms with Gasteiger partial charge in [0.15, 0.2) is 0 Å². The molecular formula is C21H24FN3O. The molecule has 0 saturated carbocycles. The second-order valence-corrected chi connectivity index (χ2v) is 6.42. The van der Waals surface area contributed by atoms with Crippen molar-refractivity contribution in [2.75, 3.05) is 13.1 Å². The van der Waals surface area contributed by atoms with Crippen LogP contribution < -0.4 is 5.32 Å². The van der Waals surface area contributed by atoms with Crippen molar-refractivity contribution in [2.45, 2.75) is 26.4 Å². The van der Waals surface area contributed by atoms with E-state index in [-0.39, 0.29) is 5.82 Å². The maximum Gasteiger partial charge on any atom is 0.128 e. The van der Waals surface area contributed by atoms with Crippen molar-refractivity contribution in [3.63, 3.8) is 0 Å². The van der Waals surface area contributed by atoms with Gasteiger partial charge in [-0.15, -0.1) is 0 Å². The van der Waals surface area contributed by atoms with E-state index in [0.717, 1.165) is 33.6 Å². The van der Waals surface area contributed by atoms with E-state index in [0.29, 0.717) is 13.1 Å². The van der Waals surface area contributed by atoms with Crippen molar-refractivity contribution in [1.29, 1.82) is 0 Å². The van der Waals surface area contributed by atoms with E-state index in [4.69, 9.17) is 0 Å². The van der Waals surface area contributed by atoms with Crippen molar-refractivity contribution >= 4 is 16.7 Å². The maximum atomic E-state index is 13.0. The molecule has 0 bridgehead atoms. The number of nitrogens with zero attached hydrogens (tertiary/aromatic N) is 1. The summed E-state index contributed by atoms with van der Waals surface area (Å²) >= 11 is 0. The van der Waals surface area contributed by atoms with Crippen LogP contribution in [0.5, 0.6) is 0 Å². The molecule has 4 rings (SSSR count). The summed E-state index contributed by atoms with van der Waals surface area (Å²) < 4.78 is 13.0. The second-order valence-electron chi connectivity index (χ2n) is 6.42. The Kier molecular flexibility index (Phi) is 5.68. The predicted molar refractivity (Wildman–Crippen MR) is 105 cm³/mol. The fourth-order valence-corrected chi connectivity index (χ4v) is 2.78. The maximum absolute atomic E-state index is 13.0. The first-order valence-electron chi connectivity index (χ1n) is 8.96. The van der Waals surface area contributed by atoms with Gasteiger partial charge >= 0.3 is 0 Å². The number of hydrogen-bond donors (Lipinski definition) is 3. The average molecular weight is 353 g/mol. The van der Waals surface area contributed by atoms with E-state index in [9.17, 15) is 9.50 Å². The quantitative estimate of drug-likeness (QED) is 0.649. The molecule has 136 valence electrons. The lowest BCUT2D eigenvalue weighted by atomic mass is 10.1. The topological polar surface area (TPSA) is 60.4 Å². The minimum absolute atomic E-state index is 0.240. The molecule has 3 aromatic rings. The molecule has 0 fully saturated rings. The van der Waals surface area contributed by atoms with Gasteiger partial charge in [0.1, 0.15) is 11.7 Å². The Morgan fingerprint density at radius 3 is 2.42 bits per heavy atom. The van der Waals surface area contributed by atoms with Crippen molar-refractivity contribution < 1.29 is 9.50 Å². The molecule has 1 atom stereocenters. The van der Waals surface area contributed by atoms with Gasteiger partial charge in [-0.1, -0.05) is 32.4 Å². The number of aromatic amines is 1. The zero-order valence-electron chi connectivity index (χ0n) is 15.1. The van der Waals surface area contributed by atoms with Gasteiger partial charge in [-0.3, -0.25) is 4.99 Å². The highest BCUT2D eigenvalue weighted by Gasteiger charge is 2.14. The van der Waals surface area contributed by atoms with Crippen LogP contribution in [0.15, 0.2) is 53.5 Å². The number of rotatable bonds is 2. The lowest BCUT2D eigenvalue weighted by Crippen LogP contribution is -2.39. The van der Waals surface area contributed by atoms with Gasteiger partial charge in [-0.2, -0.15) is 0 Å². The van der Waals surface area contributed by atoms with Crippen LogP contribution in [-0.4, -0.2) is 35.1 Å². The van der Waals surface area contributed by atoms with E-state index in [1.165, 1.54) is 18.6 Å². The molecule has 0 amide bonds. The highest BCUT2D eigenvalue weighted by atomic mass is 19.1. The van der Waals surface area contributed by atoms with E-state index < -0.39 is 6.10 Å². The molecule has 2 heterocycles. The van der Waals surface area contributed by atoms with Gasteiger partial charge in [-0.25, -0.2) is 4.39 Å². The van der Waals surface area contributed by atoms with Gasteiger partial charge in [0.25, 0.3) is 0 Å². The number of aliphatic imine (C=N–C) groups is 1. The molecule has 26 heavy (non-hydrogen) atoms. The number of H-pyrrole nitrogens is 1. The molecule has 0 spiro atoms. The molecule has 3 N–H and O–H groups in total. The number of aromatic nitrogens is 1. The molecule has 0 saturated heterocycles. The van der Waals surface area contributed by atoms with Crippen LogP contribution in [-0.2, 0) is 0 Å². The summed E-state index contributed by atoms with van der Waals surface area (Å²) in [6, 6.07) is 14.6. The van der Waals surface area contributed by atoms with Crippen LogP contribution in [0.1, 0.15) is 25.8 Å². The summed E-state index contributed by atoms with van der Waals surface area (Å²) in [6.45, 7) is 5.19. The van der Waals surface area contributed by atoms with E-state index in [1.807, 2.05) is 24.3 Å². The average Bonchev–Trinajstić information content (AvgIpc) is 3.07. The monoisotopic (exact) mass is 353 g/mol. The first kappa shape index (κ1) is 18.1. The van der Waals surface area contributed by atoms with Gasteiger partial charge in [-0.05, 0) is 42.0 Å². The molecule has 2 aromatic carbocycles. The molecule has 0 radical (unpaired) electrons. The Morgan fingerprint density at radius 2 is 1.77 bits per heavy atom. The smallest absolute Gasteiger partial charge is 0.128 e. The predicted octanol–water partition coefficient (Wildman–Crippen LogP) is 4.10. The number of fused-ring (bicyclic) bond motifs is 1. The van der Waals surface area contributed by atoms with Crippen molar-refractivity contribution in [3.8, 4) is 11.3 Å². The molecule has 0 aliphatic carbocycles. The van der Waals surface area contributed by atoms with Crippen LogP contribution in [0.3, 0.4) is 0 Å². The molecule has 1 aromatic heterocycles. The van der Waals surface area contributed by atoms with Crippen LogP contribution in [0, 0.1) is 5.82 Å². The Balaban J connectivity index is 0.000000613. The summed E-state index contributed by atoms with van der Waals surface area (Å²) in [5, 5.41) is 13.7. The molecule has 1 aliphatic heterocycles. The zero-order valence-corrected chi connectivity index (χ0v) is 15.1. The highest BCUT2D eigenvalue weighted by molar-refractivity contribution is 6.02. The number of halogens is 1. The normalized spacial score (nSPS) is 16.5. The van der Waals surface area contributed by atoms with Crippen LogP contribution in [0.2, 0.25) is 0 Å². The van der Waals surface area contributed by atoms with Crippen molar-refractivity contribution in [1.82, 2.24) is 10.3 Å². The Morgan fingerprint density at radius 1 is 1.08 bits per heavy atom. The standard InChI is InChI=1S/C18H16FN3O.C3H8/c19-14-5-3-11(4-6-14)16-7-12-1-2-13(8-17(12)22-16)18-20-9-15(23)10-21-18;1-3-2/h1-8,15,22-23H,9-10H2,(H,20,21);3H2,1-2H3. The third-order valence-electron chi connectivity index (χ3n) is 4.02. The summed E-state index contributed by atoms with van der Waals surface area (Å²) in [6.07, 6.45) is 0.832. The molecular weight excluding hydrogens is 329 g/mol. The summed E-state index contributed by atoms with van der Waals surface area (Å²) in [5.41, 5.74) is 3.88. The first-order chi connectivity index (χ1) is 12.6. The number of nitrogens with one attached hydrogen (secondary N) is 2. The second kappa shape index (κ2) is 8.15. The Labute approximate surface area is 152 Å². The van der Waals surface area contributed by atoms with Crippen molar-refractivity contribution in [2.24, 2.45) is 4.99 Å². The number of benzene rings is 2. The molecule has 5 heteroatoms. The largest absolute Gasteiger partial charge is 0.389 e. The highest BCUT2D eigenvalue weighted by Crippen LogP contribution is 2.25. The van der Waals surface area contributed by atoms with Gasteiger partial charge < -0.3 is 15.4 Å². The third kappa shape index (κ3) is 4.11. The summed E-state index contributed by atoms with van der Waals surface area (Å²) in [5.74, 6) is 0.561. The molecule has 1 unspecified atom stereocenters. The van der Waals surface area contributed by atoms with Gasteiger partial charge in [0, 0.05) is 28.7 Å².